The average Bonchev–Trinajstić information content (AvgIpc) is 2.46. The molecule has 2 aliphatic rings. The predicted octanol–water partition coefficient (Wildman–Crippen LogP) is -0.750. The smallest absolute Gasteiger partial charge is 0.329 e. The largest absolute Gasteiger partial charge is 0.480 e. The summed E-state index contributed by atoms with van der Waals surface area (Å²) >= 11 is 0. The highest BCUT2D eigenvalue weighted by Crippen LogP contribution is 2.20. The van der Waals surface area contributed by atoms with E-state index in [1.165, 1.54) is 0 Å². The molecule has 0 saturated carbocycles. The van der Waals surface area contributed by atoms with Crippen LogP contribution in [0.5, 0.6) is 0 Å². The molecule has 0 aromatic heterocycles. The van der Waals surface area contributed by atoms with Crippen LogP contribution in [0.3, 0.4) is 0 Å². The van der Waals surface area contributed by atoms with Gasteiger partial charge in [-0.1, -0.05) is 0 Å². The molecule has 2 rings (SSSR count). The summed E-state index contributed by atoms with van der Waals surface area (Å²) in [5.74, 6) is -1.02. The fourth-order valence-corrected chi connectivity index (χ4v) is 2.57. The van der Waals surface area contributed by atoms with Gasteiger partial charge in [-0.15, -0.1) is 0 Å². The SMILES string of the molecule is CN1CCOC(CNC(=O)NC2(C(=O)O)CCOCC2)C1. The van der Waals surface area contributed by atoms with Gasteiger partial charge in [-0.05, 0) is 7.05 Å². The number of carboxylic acid groups (broad SMARTS) is 1. The quantitative estimate of drug-likeness (QED) is 0.632. The number of hydrogen-bond acceptors (Lipinski definition) is 5. The Morgan fingerprint density at radius 2 is 2.05 bits per heavy atom. The van der Waals surface area contributed by atoms with E-state index in [4.69, 9.17) is 9.47 Å². The molecule has 8 heteroatoms. The van der Waals surface area contributed by atoms with Crippen molar-refractivity contribution in [3.63, 3.8) is 0 Å². The number of carboxylic acids is 1. The molecule has 0 radical (unpaired) electrons. The van der Waals surface area contributed by atoms with Gasteiger partial charge >= 0.3 is 12.0 Å². The van der Waals surface area contributed by atoms with E-state index in [-0.39, 0.29) is 18.9 Å². The molecule has 0 aliphatic carbocycles. The molecule has 8 nitrogen and oxygen atoms in total. The number of hydrogen-bond donors (Lipinski definition) is 3. The fourth-order valence-electron chi connectivity index (χ4n) is 2.57. The van der Waals surface area contributed by atoms with Crippen LogP contribution in [0.15, 0.2) is 0 Å². The molecule has 2 heterocycles. The first-order chi connectivity index (χ1) is 10.0. The highest BCUT2D eigenvalue weighted by molar-refractivity contribution is 5.86. The third-order valence-electron chi connectivity index (χ3n) is 3.94. The summed E-state index contributed by atoms with van der Waals surface area (Å²) < 4.78 is 10.7. The van der Waals surface area contributed by atoms with Gasteiger partial charge in [0.15, 0.2) is 0 Å². The molecule has 2 fully saturated rings. The van der Waals surface area contributed by atoms with Crippen molar-refractivity contribution in [2.75, 3.05) is 46.5 Å². The average molecular weight is 301 g/mol. The van der Waals surface area contributed by atoms with Crippen LogP contribution in [0.4, 0.5) is 4.79 Å². The molecular formula is C13H23N3O5. The zero-order chi connectivity index (χ0) is 15.3. The molecule has 120 valence electrons. The molecule has 0 bridgehead atoms. The number of rotatable bonds is 4. The van der Waals surface area contributed by atoms with E-state index < -0.39 is 17.5 Å². The highest BCUT2D eigenvalue weighted by Gasteiger charge is 2.41. The van der Waals surface area contributed by atoms with E-state index in [0.29, 0.717) is 26.4 Å². The lowest BCUT2D eigenvalue weighted by atomic mass is 9.90. The molecule has 1 atom stereocenters. The number of nitrogens with one attached hydrogen (secondary N) is 2. The third-order valence-corrected chi connectivity index (χ3v) is 3.94. The maximum Gasteiger partial charge on any atom is 0.329 e. The van der Waals surface area contributed by atoms with Crippen molar-refractivity contribution in [3.05, 3.63) is 0 Å². The molecule has 2 amide bonds. The van der Waals surface area contributed by atoms with Gasteiger partial charge in [-0.25, -0.2) is 9.59 Å². The minimum Gasteiger partial charge on any atom is -0.480 e. The van der Waals surface area contributed by atoms with Crippen molar-refractivity contribution in [1.82, 2.24) is 15.5 Å². The Bertz CT molecular complexity index is 384. The van der Waals surface area contributed by atoms with E-state index in [2.05, 4.69) is 15.5 Å². The first-order valence-corrected chi connectivity index (χ1v) is 7.19. The lowest BCUT2D eigenvalue weighted by Gasteiger charge is -2.34. The molecule has 0 spiro atoms. The molecular weight excluding hydrogens is 278 g/mol. The Hall–Kier alpha value is -1.38. The van der Waals surface area contributed by atoms with E-state index in [1.807, 2.05) is 7.05 Å². The number of amides is 2. The summed E-state index contributed by atoms with van der Waals surface area (Å²) in [6, 6.07) is -0.476. The van der Waals surface area contributed by atoms with Gasteiger partial charge in [-0.3, -0.25) is 0 Å². The van der Waals surface area contributed by atoms with Crippen LogP contribution in [-0.2, 0) is 14.3 Å². The lowest BCUT2D eigenvalue weighted by molar-refractivity contribution is -0.148. The second kappa shape index (κ2) is 7.06. The fraction of sp³-hybridized carbons (Fsp3) is 0.846. The van der Waals surface area contributed by atoms with Gasteiger partial charge in [0.25, 0.3) is 0 Å². The van der Waals surface area contributed by atoms with Crippen LogP contribution in [-0.4, -0.2) is 80.2 Å². The summed E-state index contributed by atoms with van der Waals surface area (Å²) in [5.41, 5.74) is -1.23. The number of likely N-dealkylation sites (N-methyl/N-ethyl adjacent to an activating group) is 1. The van der Waals surface area contributed by atoms with Crippen LogP contribution in [0, 0.1) is 0 Å². The number of nitrogens with zero attached hydrogens (tertiary/aromatic N) is 1. The second-order valence-corrected chi connectivity index (χ2v) is 5.59. The van der Waals surface area contributed by atoms with Crippen molar-refractivity contribution in [1.29, 1.82) is 0 Å². The number of carbonyl (C=O) groups excluding carboxylic acids is 1. The molecule has 3 N–H and O–H groups in total. The van der Waals surface area contributed by atoms with Gasteiger partial charge in [0.1, 0.15) is 5.54 Å². The van der Waals surface area contributed by atoms with Crippen LogP contribution in [0.1, 0.15) is 12.8 Å². The number of morpholine rings is 1. The standard InChI is InChI=1S/C13H23N3O5/c1-16-4-7-21-10(9-16)8-14-12(19)15-13(11(17)18)2-5-20-6-3-13/h10H,2-9H2,1H3,(H,17,18)(H2,14,15,19). The van der Waals surface area contributed by atoms with Crippen molar-refractivity contribution in [3.8, 4) is 0 Å². The summed E-state index contributed by atoms with van der Waals surface area (Å²) in [6.45, 7) is 3.30. The van der Waals surface area contributed by atoms with Crippen LogP contribution in [0.25, 0.3) is 0 Å². The Morgan fingerprint density at radius 1 is 1.33 bits per heavy atom. The summed E-state index contributed by atoms with van der Waals surface area (Å²) in [7, 11) is 2.00. The Kier molecular flexibility index (Phi) is 5.38. The molecule has 0 aromatic rings. The van der Waals surface area contributed by atoms with E-state index in [1.54, 1.807) is 0 Å². The first kappa shape index (κ1) is 16.0. The van der Waals surface area contributed by atoms with Crippen molar-refractivity contribution in [2.45, 2.75) is 24.5 Å². The van der Waals surface area contributed by atoms with Crippen molar-refractivity contribution in [2.24, 2.45) is 0 Å². The van der Waals surface area contributed by atoms with E-state index in [9.17, 15) is 14.7 Å². The van der Waals surface area contributed by atoms with Crippen LogP contribution in [0.2, 0.25) is 0 Å². The summed E-state index contributed by atoms with van der Waals surface area (Å²) in [6.07, 6.45) is 0.488. The van der Waals surface area contributed by atoms with Crippen LogP contribution >= 0.6 is 0 Å². The van der Waals surface area contributed by atoms with Gasteiger partial charge in [-0.2, -0.15) is 0 Å². The normalized spacial score (nSPS) is 26.0. The van der Waals surface area contributed by atoms with E-state index in [0.717, 1.165) is 13.1 Å². The Morgan fingerprint density at radius 3 is 2.67 bits per heavy atom. The summed E-state index contributed by atoms with van der Waals surface area (Å²) in [4.78, 5) is 25.5. The highest BCUT2D eigenvalue weighted by atomic mass is 16.5. The van der Waals surface area contributed by atoms with Gasteiger partial charge in [0.05, 0.1) is 12.7 Å². The Labute approximate surface area is 123 Å². The summed E-state index contributed by atoms with van der Waals surface area (Å²) in [5, 5.41) is 14.6. The van der Waals surface area contributed by atoms with Crippen molar-refractivity contribution >= 4 is 12.0 Å². The number of urea groups is 1. The molecule has 2 saturated heterocycles. The lowest BCUT2D eigenvalue weighted by Crippen LogP contribution is -2.60. The first-order valence-electron chi connectivity index (χ1n) is 7.19. The van der Waals surface area contributed by atoms with Crippen LogP contribution < -0.4 is 10.6 Å². The van der Waals surface area contributed by atoms with E-state index >= 15 is 0 Å². The number of ether oxygens (including phenoxy) is 2. The topological polar surface area (TPSA) is 100 Å². The maximum absolute atomic E-state index is 11.9. The van der Waals surface area contributed by atoms with Gasteiger partial charge in [0, 0.05) is 45.7 Å². The second-order valence-electron chi connectivity index (χ2n) is 5.59. The predicted molar refractivity (Wildman–Crippen MR) is 74.2 cm³/mol. The zero-order valence-corrected chi connectivity index (χ0v) is 12.3. The minimum absolute atomic E-state index is 0.0648. The van der Waals surface area contributed by atoms with Gasteiger partial charge < -0.3 is 30.1 Å². The number of carbonyl (C=O) groups is 2. The monoisotopic (exact) mass is 301 g/mol. The minimum atomic E-state index is -1.23. The molecule has 21 heavy (non-hydrogen) atoms. The maximum atomic E-state index is 11.9. The molecule has 2 aliphatic heterocycles. The third kappa shape index (κ3) is 4.29. The van der Waals surface area contributed by atoms with Gasteiger partial charge in [0.2, 0.25) is 0 Å². The molecule has 1 unspecified atom stereocenters. The number of aliphatic carboxylic acids is 1. The zero-order valence-electron chi connectivity index (χ0n) is 12.3. The Balaban J connectivity index is 1.81. The molecule has 0 aromatic carbocycles. The van der Waals surface area contributed by atoms with Crippen molar-refractivity contribution < 1.29 is 24.2 Å².